The molecule has 0 bridgehead atoms. The second-order valence-electron chi connectivity index (χ2n) is 6.96. The molecule has 3 aromatic rings. The molecule has 0 radical (unpaired) electrons. The quantitative estimate of drug-likeness (QED) is 0.673. The van der Waals surface area contributed by atoms with Gasteiger partial charge in [0.2, 0.25) is 0 Å². The molecule has 0 saturated heterocycles. The number of anilines is 1. The Bertz CT molecular complexity index is 979. The summed E-state index contributed by atoms with van der Waals surface area (Å²) in [6.07, 6.45) is 3.50. The van der Waals surface area contributed by atoms with Gasteiger partial charge in [0.05, 0.1) is 12.2 Å². The van der Waals surface area contributed by atoms with Gasteiger partial charge in [-0.15, -0.1) is 11.3 Å². The summed E-state index contributed by atoms with van der Waals surface area (Å²) < 4.78 is 29.6. The highest BCUT2D eigenvalue weighted by molar-refractivity contribution is 7.15. The van der Waals surface area contributed by atoms with E-state index < -0.39 is 23.3 Å². The number of rotatable bonds is 5. The summed E-state index contributed by atoms with van der Waals surface area (Å²) in [6.45, 7) is 2.99. The van der Waals surface area contributed by atoms with Gasteiger partial charge < -0.3 is 10.8 Å². The van der Waals surface area contributed by atoms with Gasteiger partial charge in [0.25, 0.3) is 0 Å². The first-order valence-electron chi connectivity index (χ1n) is 8.85. The number of hydrogen-bond acceptors (Lipinski definition) is 7. The van der Waals surface area contributed by atoms with E-state index in [4.69, 9.17) is 5.73 Å². The van der Waals surface area contributed by atoms with Gasteiger partial charge in [0.15, 0.2) is 5.13 Å². The topological polar surface area (TPSA) is 93.1 Å². The van der Waals surface area contributed by atoms with Crippen LogP contribution in [-0.4, -0.2) is 42.3 Å². The van der Waals surface area contributed by atoms with Crippen LogP contribution in [0.4, 0.5) is 13.9 Å². The Hall–Kier alpha value is -2.43. The molecule has 3 heterocycles. The summed E-state index contributed by atoms with van der Waals surface area (Å²) in [5.74, 6) is -1.49. The Morgan fingerprint density at radius 3 is 2.93 bits per heavy atom. The van der Waals surface area contributed by atoms with Crippen LogP contribution >= 0.6 is 11.3 Å². The maximum absolute atomic E-state index is 14.7. The number of halogens is 2. The lowest BCUT2D eigenvalue weighted by Gasteiger charge is -2.42. The van der Waals surface area contributed by atoms with E-state index in [9.17, 15) is 13.9 Å². The number of nitrogens with two attached hydrogens (primary N) is 1. The predicted octanol–water partition coefficient (Wildman–Crippen LogP) is 1.93. The summed E-state index contributed by atoms with van der Waals surface area (Å²) in [6, 6.07) is 2.73. The van der Waals surface area contributed by atoms with Crippen molar-refractivity contribution in [2.24, 2.45) is 0 Å². The fourth-order valence-corrected chi connectivity index (χ4v) is 4.62. The Kier molecular flexibility index (Phi) is 4.86. The third-order valence-corrected chi connectivity index (χ3v) is 6.19. The molecule has 3 N–H and O–H groups in total. The maximum Gasteiger partial charge on any atom is 0.180 e. The minimum atomic E-state index is -1.65. The van der Waals surface area contributed by atoms with Gasteiger partial charge in [-0.3, -0.25) is 4.90 Å². The lowest BCUT2D eigenvalue weighted by molar-refractivity contribution is -0.0675. The van der Waals surface area contributed by atoms with Gasteiger partial charge in [-0.1, -0.05) is 6.07 Å². The molecule has 0 saturated carbocycles. The van der Waals surface area contributed by atoms with Gasteiger partial charge in [-0.05, 0) is 13.0 Å². The highest BCUT2D eigenvalue weighted by atomic mass is 32.1. The van der Waals surface area contributed by atoms with E-state index in [0.29, 0.717) is 24.6 Å². The number of nitrogens with zero attached hydrogens (tertiary/aromatic N) is 5. The van der Waals surface area contributed by atoms with Crippen molar-refractivity contribution >= 4 is 16.5 Å². The van der Waals surface area contributed by atoms with Crippen LogP contribution in [0.5, 0.6) is 0 Å². The van der Waals surface area contributed by atoms with Crippen LogP contribution in [0.2, 0.25) is 0 Å². The fourth-order valence-electron chi connectivity index (χ4n) is 3.71. The molecule has 1 aliphatic rings. The molecule has 4 rings (SSSR count). The monoisotopic (exact) mass is 406 g/mol. The first-order valence-corrected chi connectivity index (χ1v) is 9.67. The standard InChI is InChI=1S/C18H20F2N6OS/c1-11(25-5-4-15-16(7-25)28-17(21)24-15)18(27,8-26-10-22-9-23-26)13-3-2-12(19)6-14(13)20/h2-3,6,9-11,27H,4-5,7-8H2,1H3,(H2,21,24)/t11-,18-/m1/s1. The smallest absolute Gasteiger partial charge is 0.180 e. The Morgan fingerprint density at radius 2 is 2.21 bits per heavy atom. The van der Waals surface area contributed by atoms with Crippen molar-refractivity contribution in [3.63, 3.8) is 0 Å². The zero-order valence-electron chi connectivity index (χ0n) is 15.2. The average Bonchev–Trinajstić information content (AvgIpc) is 3.28. The Morgan fingerprint density at radius 1 is 1.39 bits per heavy atom. The van der Waals surface area contributed by atoms with Crippen molar-refractivity contribution in [1.29, 1.82) is 0 Å². The molecule has 10 heteroatoms. The Balaban J connectivity index is 1.70. The molecular weight excluding hydrogens is 386 g/mol. The molecule has 0 spiro atoms. The predicted molar refractivity (Wildman–Crippen MR) is 100 cm³/mol. The van der Waals surface area contributed by atoms with E-state index in [1.54, 1.807) is 0 Å². The van der Waals surface area contributed by atoms with E-state index in [2.05, 4.69) is 20.0 Å². The number of aromatic nitrogens is 4. The van der Waals surface area contributed by atoms with Crippen molar-refractivity contribution in [1.82, 2.24) is 24.6 Å². The minimum absolute atomic E-state index is 0.0199. The number of benzene rings is 1. The SMILES string of the molecule is C[C@@H](N1CCc2nc(N)sc2C1)[C@](O)(Cn1cncn1)c1ccc(F)cc1F. The molecule has 0 amide bonds. The molecule has 2 atom stereocenters. The van der Waals surface area contributed by atoms with Gasteiger partial charge in [-0.25, -0.2) is 23.4 Å². The lowest BCUT2D eigenvalue weighted by Crippen LogP contribution is -2.53. The van der Waals surface area contributed by atoms with Crippen molar-refractivity contribution in [2.75, 3.05) is 12.3 Å². The van der Waals surface area contributed by atoms with Crippen LogP contribution in [0, 0.1) is 11.6 Å². The number of aliphatic hydroxyl groups is 1. The second kappa shape index (κ2) is 7.19. The Labute approximate surface area is 164 Å². The number of nitrogen functional groups attached to an aromatic ring is 1. The molecule has 148 valence electrons. The van der Waals surface area contributed by atoms with Gasteiger partial charge >= 0.3 is 0 Å². The first-order chi connectivity index (χ1) is 13.4. The van der Waals surface area contributed by atoms with Crippen molar-refractivity contribution in [3.05, 3.63) is 58.6 Å². The van der Waals surface area contributed by atoms with Gasteiger partial charge in [0.1, 0.15) is 29.9 Å². The van der Waals surface area contributed by atoms with Crippen LogP contribution < -0.4 is 5.73 Å². The van der Waals surface area contributed by atoms with E-state index in [1.165, 1.54) is 34.7 Å². The number of fused-ring (bicyclic) bond motifs is 1. The van der Waals surface area contributed by atoms with Crippen LogP contribution in [0.3, 0.4) is 0 Å². The molecule has 0 unspecified atom stereocenters. The summed E-state index contributed by atoms with van der Waals surface area (Å²) in [7, 11) is 0. The van der Waals surface area contributed by atoms with Crippen molar-refractivity contribution < 1.29 is 13.9 Å². The van der Waals surface area contributed by atoms with Crippen LogP contribution in [0.1, 0.15) is 23.1 Å². The fraction of sp³-hybridized carbons (Fsp3) is 0.389. The zero-order valence-corrected chi connectivity index (χ0v) is 16.0. The van der Waals surface area contributed by atoms with Crippen molar-refractivity contribution in [2.45, 2.75) is 38.1 Å². The van der Waals surface area contributed by atoms with Gasteiger partial charge in [-0.2, -0.15) is 5.10 Å². The van der Waals surface area contributed by atoms with Crippen molar-refractivity contribution in [3.8, 4) is 0 Å². The second-order valence-corrected chi connectivity index (χ2v) is 8.08. The molecule has 0 aliphatic carbocycles. The third kappa shape index (κ3) is 3.38. The van der Waals surface area contributed by atoms with Crippen LogP contribution in [0.25, 0.3) is 0 Å². The minimum Gasteiger partial charge on any atom is -0.381 e. The highest BCUT2D eigenvalue weighted by Gasteiger charge is 2.43. The molecule has 7 nitrogen and oxygen atoms in total. The summed E-state index contributed by atoms with van der Waals surface area (Å²) in [5, 5.41) is 16.2. The van der Waals surface area contributed by atoms with Gasteiger partial charge in [0, 0.05) is 42.1 Å². The van der Waals surface area contributed by atoms with E-state index in [0.717, 1.165) is 22.7 Å². The third-order valence-electron chi connectivity index (χ3n) is 5.28. The molecule has 2 aromatic heterocycles. The van der Waals surface area contributed by atoms with E-state index in [1.807, 2.05) is 6.92 Å². The average molecular weight is 406 g/mol. The summed E-state index contributed by atoms with van der Waals surface area (Å²) in [5.41, 5.74) is 5.15. The van der Waals surface area contributed by atoms with E-state index >= 15 is 0 Å². The van der Waals surface area contributed by atoms with E-state index in [-0.39, 0.29) is 12.1 Å². The zero-order chi connectivity index (χ0) is 19.9. The number of hydrogen-bond donors (Lipinski definition) is 2. The molecule has 28 heavy (non-hydrogen) atoms. The molecule has 0 fully saturated rings. The highest BCUT2D eigenvalue weighted by Crippen LogP contribution is 2.36. The maximum atomic E-state index is 14.7. The molecule has 1 aromatic carbocycles. The lowest BCUT2D eigenvalue weighted by atomic mass is 9.85. The molecule has 1 aliphatic heterocycles. The number of thiazole rings is 1. The summed E-state index contributed by atoms with van der Waals surface area (Å²) in [4.78, 5) is 11.3. The van der Waals surface area contributed by atoms with Crippen LogP contribution in [-0.2, 0) is 25.1 Å². The normalized spacial score (nSPS) is 17.9. The van der Waals surface area contributed by atoms with Crippen LogP contribution in [0.15, 0.2) is 30.9 Å². The first kappa shape index (κ1) is 18.9. The largest absolute Gasteiger partial charge is 0.381 e. The molecular formula is C18H20F2N6OS. The summed E-state index contributed by atoms with van der Waals surface area (Å²) >= 11 is 1.42.